The molecule has 0 saturated heterocycles. The Morgan fingerprint density at radius 3 is 3.20 bits per heavy atom. The number of benzene rings is 1. The number of imidazole rings is 1. The molecule has 0 unspecified atom stereocenters. The summed E-state index contributed by atoms with van der Waals surface area (Å²) in [7, 11) is 1.63. The third-order valence-electron chi connectivity index (χ3n) is 1.97. The van der Waals surface area contributed by atoms with Crippen molar-refractivity contribution in [1.29, 1.82) is 0 Å². The van der Waals surface area contributed by atoms with Crippen LogP contribution in [0.3, 0.4) is 0 Å². The molecule has 0 bridgehead atoms. The van der Waals surface area contributed by atoms with E-state index in [1.807, 2.05) is 18.2 Å². The van der Waals surface area contributed by atoms with Gasteiger partial charge in [-0.3, -0.25) is 0 Å². The smallest absolute Gasteiger partial charge is 0.133 e. The number of aromatic nitrogens is 2. The first kappa shape index (κ1) is 9.98. The summed E-state index contributed by atoms with van der Waals surface area (Å²) < 4.78 is 4.99. The minimum absolute atomic E-state index is 0.473. The quantitative estimate of drug-likeness (QED) is 0.637. The number of rotatable bonds is 3. The van der Waals surface area contributed by atoms with E-state index >= 15 is 0 Å². The molecular weight excluding hydrogens is 210 g/mol. The molecule has 0 amide bonds. The fourth-order valence-electron chi connectivity index (χ4n) is 1.38. The monoisotopic (exact) mass is 219 g/mol. The number of aliphatic imine (C=N–C) groups is 1. The summed E-state index contributed by atoms with van der Waals surface area (Å²) in [6.07, 6.45) is 0. The predicted octanol–water partition coefficient (Wildman–Crippen LogP) is 2.44. The van der Waals surface area contributed by atoms with E-state index in [0.717, 1.165) is 22.5 Å². The van der Waals surface area contributed by atoms with Crippen LogP contribution in [0.4, 0.5) is 5.69 Å². The molecule has 0 aliphatic rings. The number of hydrogen-bond donors (Lipinski definition) is 1. The van der Waals surface area contributed by atoms with Gasteiger partial charge in [-0.1, -0.05) is 0 Å². The van der Waals surface area contributed by atoms with Crippen molar-refractivity contribution in [2.75, 3.05) is 7.11 Å². The van der Waals surface area contributed by atoms with E-state index in [1.54, 1.807) is 7.11 Å². The fraction of sp³-hybridized carbons (Fsp3) is 0.200. The van der Waals surface area contributed by atoms with E-state index in [1.165, 1.54) is 0 Å². The molecule has 1 aromatic carbocycles. The van der Waals surface area contributed by atoms with Crippen molar-refractivity contribution in [2.24, 2.45) is 4.99 Å². The van der Waals surface area contributed by atoms with Gasteiger partial charge in [0.05, 0.1) is 21.9 Å². The van der Waals surface area contributed by atoms with Gasteiger partial charge in [-0.05, 0) is 30.4 Å². The molecule has 15 heavy (non-hydrogen) atoms. The van der Waals surface area contributed by atoms with Crippen LogP contribution in [-0.4, -0.2) is 22.2 Å². The standard InChI is InChI=1S/C10H9N3OS/c1-14-5-10-12-8-3-2-7(11-6-15)4-9(8)13-10/h2-4H,5H2,1H3,(H,12,13). The molecule has 0 radical (unpaired) electrons. The number of thiocarbonyl (C=S) groups is 1. The summed E-state index contributed by atoms with van der Waals surface area (Å²) in [5, 5.41) is 2.33. The number of fused-ring (bicyclic) bond motifs is 1. The van der Waals surface area contributed by atoms with Crippen molar-refractivity contribution in [2.45, 2.75) is 6.61 Å². The number of aromatic amines is 1. The van der Waals surface area contributed by atoms with E-state index < -0.39 is 0 Å². The molecule has 0 saturated carbocycles. The van der Waals surface area contributed by atoms with Gasteiger partial charge in [0.2, 0.25) is 0 Å². The lowest BCUT2D eigenvalue weighted by atomic mass is 10.3. The highest BCUT2D eigenvalue weighted by atomic mass is 32.1. The number of hydrogen-bond acceptors (Lipinski definition) is 4. The maximum atomic E-state index is 4.99. The van der Waals surface area contributed by atoms with Crippen molar-refractivity contribution in [3.63, 3.8) is 0 Å². The second kappa shape index (κ2) is 4.31. The Balaban J connectivity index is 2.47. The molecule has 0 atom stereocenters. The highest BCUT2D eigenvalue weighted by Gasteiger charge is 2.02. The van der Waals surface area contributed by atoms with Gasteiger partial charge in [0, 0.05) is 7.11 Å². The maximum Gasteiger partial charge on any atom is 0.133 e. The van der Waals surface area contributed by atoms with Gasteiger partial charge in [-0.2, -0.15) is 4.99 Å². The van der Waals surface area contributed by atoms with Gasteiger partial charge in [0.25, 0.3) is 0 Å². The molecule has 0 spiro atoms. The predicted molar refractivity (Wildman–Crippen MR) is 61.5 cm³/mol. The Kier molecular flexibility index (Phi) is 2.87. The first-order chi connectivity index (χ1) is 7.33. The highest BCUT2D eigenvalue weighted by Crippen LogP contribution is 2.19. The van der Waals surface area contributed by atoms with Crippen LogP contribution in [0.25, 0.3) is 11.0 Å². The molecular formula is C10H9N3OS. The molecule has 4 nitrogen and oxygen atoms in total. The zero-order valence-corrected chi connectivity index (χ0v) is 8.97. The lowest BCUT2D eigenvalue weighted by Gasteiger charge is -1.90. The van der Waals surface area contributed by atoms with Gasteiger partial charge in [0.15, 0.2) is 0 Å². The number of H-pyrrole nitrogens is 1. The SMILES string of the molecule is COCc1nc2ccc(N=C=S)cc2[nH]1. The Hall–Kier alpha value is -1.55. The van der Waals surface area contributed by atoms with Gasteiger partial charge in [0.1, 0.15) is 12.4 Å². The first-order valence-electron chi connectivity index (χ1n) is 4.39. The average Bonchev–Trinajstić information content (AvgIpc) is 2.60. The molecule has 0 aliphatic heterocycles. The Bertz CT molecular complexity index is 528. The number of methoxy groups -OCH3 is 1. The second-order valence-electron chi connectivity index (χ2n) is 3.02. The minimum atomic E-state index is 0.473. The van der Waals surface area contributed by atoms with Crippen LogP contribution in [-0.2, 0) is 11.3 Å². The number of ether oxygens (including phenoxy) is 1. The molecule has 0 fully saturated rings. The van der Waals surface area contributed by atoms with Crippen LogP contribution in [0, 0.1) is 0 Å². The zero-order chi connectivity index (χ0) is 10.7. The molecule has 2 rings (SSSR count). The molecule has 5 heteroatoms. The second-order valence-corrected chi connectivity index (χ2v) is 3.20. The first-order valence-corrected chi connectivity index (χ1v) is 4.80. The number of nitrogens with zero attached hydrogens (tertiary/aromatic N) is 2. The third kappa shape index (κ3) is 2.10. The Morgan fingerprint density at radius 2 is 2.47 bits per heavy atom. The van der Waals surface area contributed by atoms with Crippen LogP contribution in [0.2, 0.25) is 0 Å². The third-order valence-corrected chi connectivity index (χ3v) is 2.06. The van der Waals surface area contributed by atoms with Crippen LogP contribution in [0.15, 0.2) is 23.2 Å². The molecule has 0 aliphatic carbocycles. The highest BCUT2D eigenvalue weighted by molar-refractivity contribution is 7.78. The molecule has 1 heterocycles. The van der Waals surface area contributed by atoms with Crippen molar-refractivity contribution in [3.8, 4) is 0 Å². The van der Waals surface area contributed by atoms with Crippen molar-refractivity contribution in [3.05, 3.63) is 24.0 Å². The summed E-state index contributed by atoms with van der Waals surface area (Å²) in [5.74, 6) is 0.802. The average molecular weight is 219 g/mol. The summed E-state index contributed by atoms with van der Waals surface area (Å²) in [6.45, 7) is 0.473. The molecule has 2 aromatic rings. The largest absolute Gasteiger partial charge is 0.377 e. The molecule has 76 valence electrons. The van der Waals surface area contributed by atoms with Crippen LogP contribution in [0.1, 0.15) is 5.82 Å². The van der Waals surface area contributed by atoms with E-state index in [-0.39, 0.29) is 0 Å². The topological polar surface area (TPSA) is 50.3 Å². The molecule has 1 N–H and O–H groups in total. The van der Waals surface area contributed by atoms with Crippen molar-refractivity contribution in [1.82, 2.24) is 9.97 Å². The van der Waals surface area contributed by atoms with Gasteiger partial charge < -0.3 is 9.72 Å². The summed E-state index contributed by atoms with van der Waals surface area (Å²) in [5.41, 5.74) is 2.59. The number of isothiocyanates is 1. The minimum Gasteiger partial charge on any atom is -0.377 e. The van der Waals surface area contributed by atoms with Crippen LogP contribution in [0.5, 0.6) is 0 Å². The lowest BCUT2D eigenvalue weighted by molar-refractivity contribution is 0.179. The maximum absolute atomic E-state index is 4.99. The normalized spacial score (nSPS) is 10.2. The van der Waals surface area contributed by atoms with E-state index in [9.17, 15) is 0 Å². The zero-order valence-electron chi connectivity index (χ0n) is 8.15. The summed E-state index contributed by atoms with van der Waals surface area (Å²) in [4.78, 5) is 11.4. The van der Waals surface area contributed by atoms with Gasteiger partial charge in [-0.15, -0.1) is 0 Å². The molecule has 1 aromatic heterocycles. The van der Waals surface area contributed by atoms with E-state index in [2.05, 4.69) is 32.3 Å². The van der Waals surface area contributed by atoms with Crippen LogP contribution >= 0.6 is 12.2 Å². The number of nitrogens with one attached hydrogen (secondary N) is 1. The van der Waals surface area contributed by atoms with E-state index in [4.69, 9.17) is 4.74 Å². The lowest BCUT2D eigenvalue weighted by Crippen LogP contribution is -1.88. The van der Waals surface area contributed by atoms with Crippen molar-refractivity contribution >= 4 is 34.1 Å². The van der Waals surface area contributed by atoms with E-state index in [0.29, 0.717) is 6.61 Å². The van der Waals surface area contributed by atoms with Gasteiger partial charge in [-0.25, -0.2) is 4.98 Å². The summed E-state index contributed by atoms with van der Waals surface area (Å²) >= 11 is 4.54. The summed E-state index contributed by atoms with van der Waals surface area (Å²) in [6, 6.07) is 5.61. The van der Waals surface area contributed by atoms with Gasteiger partial charge >= 0.3 is 0 Å². The fourth-order valence-corrected chi connectivity index (χ4v) is 1.48. The Labute approximate surface area is 92.0 Å². The Morgan fingerprint density at radius 1 is 1.60 bits per heavy atom. The van der Waals surface area contributed by atoms with Crippen molar-refractivity contribution < 1.29 is 4.74 Å². The van der Waals surface area contributed by atoms with Crippen LogP contribution < -0.4 is 0 Å².